The highest BCUT2D eigenvalue weighted by Crippen LogP contribution is 2.21. The summed E-state index contributed by atoms with van der Waals surface area (Å²) < 4.78 is 1.01. The van der Waals surface area contributed by atoms with Crippen molar-refractivity contribution in [2.24, 2.45) is 5.92 Å². The average Bonchev–Trinajstić information content (AvgIpc) is 2.69. The minimum absolute atomic E-state index is 0.0281. The lowest BCUT2D eigenvalue weighted by Gasteiger charge is -2.33. The topological polar surface area (TPSA) is 61.4 Å². The first-order valence-corrected chi connectivity index (χ1v) is 9.99. The lowest BCUT2D eigenvalue weighted by atomic mass is 9.97. The molecule has 3 amide bonds. The number of rotatable bonds is 4. The van der Waals surface area contributed by atoms with Crippen molar-refractivity contribution in [3.05, 3.63) is 64.6 Å². The molecule has 1 aliphatic rings. The van der Waals surface area contributed by atoms with Gasteiger partial charge in [0.15, 0.2) is 0 Å². The predicted molar refractivity (Wildman–Crippen MR) is 110 cm³/mol. The van der Waals surface area contributed by atoms with Crippen LogP contribution >= 0.6 is 15.9 Å². The molecule has 2 unspecified atom stereocenters. The van der Waals surface area contributed by atoms with Crippen LogP contribution in [0.3, 0.4) is 0 Å². The van der Waals surface area contributed by atoms with Crippen LogP contribution in [0.4, 0.5) is 10.5 Å². The first-order chi connectivity index (χ1) is 13.0. The summed E-state index contributed by atoms with van der Waals surface area (Å²) >= 11 is 3.42. The number of benzene rings is 2. The van der Waals surface area contributed by atoms with Gasteiger partial charge in [0.05, 0.1) is 12.0 Å². The fourth-order valence-corrected chi connectivity index (χ4v) is 3.52. The highest BCUT2D eigenvalue weighted by molar-refractivity contribution is 9.10. The molecular weight excluding hydrogens is 406 g/mol. The van der Waals surface area contributed by atoms with Gasteiger partial charge in [0.25, 0.3) is 0 Å². The van der Waals surface area contributed by atoms with Gasteiger partial charge in [0, 0.05) is 23.2 Å². The molecule has 2 aromatic carbocycles. The summed E-state index contributed by atoms with van der Waals surface area (Å²) in [5.41, 5.74) is 1.83. The van der Waals surface area contributed by atoms with E-state index in [9.17, 15) is 9.59 Å². The Morgan fingerprint density at radius 3 is 2.52 bits per heavy atom. The molecule has 142 valence electrons. The third-order valence-corrected chi connectivity index (χ3v) is 5.36. The summed E-state index contributed by atoms with van der Waals surface area (Å²) in [4.78, 5) is 26.9. The van der Waals surface area contributed by atoms with E-state index in [0.29, 0.717) is 13.1 Å². The van der Waals surface area contributed by atoms with Crippen molar-refractivity contribution in [3.63, 3.8) is 0 Å². The molecule has 3 rings (SSSR count). The number of likely N-dealkylation sites (tertiary alicyclic amines) is 1. The van der Waals surface area contributed by atoms with Crippen LogP contribution in [0, 0.1) is 5.92 Å². The van der Waals surface area contributed by atoms with E-state index in [1.165, 1.54) is 0 Å². The Kier molecular flexibility index (Phi) is 6.50. The molecule has 1 saturated heterocycles. The standard InChI is InChI=1S/C21H24BrN3O2/c1-15(16-9-11-18(22)12-10-16)23-21(27)25-13-5-6-17(14-25)20(26)24-19-7-3-2-4-8-19/h2-4,7-12,15,17H,5-6,13-14H2,1H3,(H,23,27)(H,24,26). The van der Waals surface area contributed by atoms with Gasteiger partial charge in [-0.1, -0.05) is 46.3 Å². The summed E-state index contributed by atoms with van der Waals surface area (Å²) in [6.07, 6.45) is 1.62. The van der Waals surface area contributed by atoms with Gasteiger partial charge >= 0.3 is 6.03 Å². The number of anilines is 1. The Labute approximate surface area is 168 Å². The highest BCUT2D eigenvalue weighted by Gasteiger charge is 2.29. The molecule has 27 heavy (non-hydrogen) atoms. The van der Waals surface area contributed by atoms with Gasteiger partial charge in [-0.2, -0.15) is 0 Å². The van der Waals surface area contributed by atoms with Gasteiger partial charge in [0.1, 0.15) is 0 Å². The molecule has 6 heteroatoms. The van der Waals surface area contributed by atoms with Crippen LogP contribution in [0.1, 0.15) is 31.4 Å². The van der Waals surface area contributed by atoms with Gasteiger partial charge in [0.2, 0.25) is 5.91 Å². The zero-order valence-corrected chi connectivity index (χ0v) is 16.9. The average molecular weight is 430 g/mol. The quantitative estimate of drug-likeness (QED) is 0.747. The summed E-state index contributed by atoms with van der Waals surface area (Å²) in [7, 11) is 0. The van der Waals surface area contributed by atoms with Crippen molar-refractivity contribution < 1.29 is 9.59 Å². The van der Waals surface area contributed by atoms with Gasteiger partial charge in [-0.3, -0.25) is 4.79 Å². The number of hydrogen-bond acceptors (Lipinski definition) is 2. The van der Waals surface area contributed by atoms with Gasteiger partial charge < -0.3 is 15.5 Å². The van der Waals surface area contributed by atoms with E-state index < -0.39 is 0 Å². The molecule has 0 spiro atoms. The summed E-state index contributed by atoms with van der Waals surface area (Å²) in [6.45, 7) is 3.08. The van der Waals surface area contributed by atoms with Crippen LogP contribution in [0.25, 0.3) is 0 Å². The van der Waals surface area contributed by atoms with E-state index in [1.54, 1.807) is 4.90 Å². The number of carbonyl (C=O) groups excluding carboxylic acids is 2. The second-order valence-electron chi connectivity index (χ2n) is 6.86. The third kappa shape index (κ3) is 5.32. The molecule has 0 aromatic heterocycles. The molecule has 0 aliphatic carbocycles. The van der Waals surface area contributed by atoms with Crippen LogP contribution in [-0.4, -0.2) is 29.9 Å². The molecule has 2 aromatic rings. The molecule has 1 aliphatic heterocycles. The van der Waals surface area contributed by atoms with Gasteiger partial charge in [-0.25, -0.2) is 4.79 Å². The second kappa shape index (κ2) is 9.04. The Bertz CT molecular complexity index is 780. The zero-order chi connectivity index (χ0) is 19.2. The number of halogens is 1. The molecule has 0 saturated carbocycles. The predicted octanol–water partition coefficient (Wildman–Crippen LogP) is 4.57. The largest absolute Gasteiger partial charge is 0.331 e. The number of carbonyl (C=O) groups is 2. The Hall–Kier alpha value is -2.34. The Morgan fingerprint density at radius 1 is 1.11 bits per heavy atom. The highest BCUT2D eigenvalue weighted by atomic mass is 79.9. The van der Waals surface area contributed by atoms with Crippen molar-refractivity contribution in [1.82, 2.24) is 10.2 Å². The minimum Gasteiger partial charge on any atom is -0.331 e. The molecular formula is C21H24BrN3O2. The van der Waals surface area contributed by atoms with E-state index in [1.807, 2.05) is 61.5 Å². The van der Waals surface area contributed by atoms with Crippen LogP contribution in [0.5, 0.6) is 0 Å². The SMILES string of the molecule is CC(NC(=O)N1CCCC(C(=O)Nc2ccccc2)C1)c1ccc(Br)cc1. The third-order valence-electron chi connectivity index (χ3n) is 4.83. The molecule has 5 nitrogen and oxygen atoms in total. The zero-order valence-electron chi connectivity index (χ0n) is 15.3. The lowest BCUT2D eigenvalue weighted by Crippen LogP contribution is -2.48. The van der Waals surface area contributed by atoms with Crippen LogP contribution < -0.4 is 10.6 Å². The number of piperidine rings is 1. The van der Waals surface area contributed by atoms with Crippen molar-refractivity contribution in [2.45, 2.75) is 25.8 Å². The van der Waals surface area contributed by atoms with Crippen LogP contribution in [0.15, 0.2) is 59.1 Å². The van der Waals surface area contributed by atoms with Crippen LogP contribution in [-0.2, 0) is 4.79 Å². The van der Waals surface area contributed by atoms with E-state index in [2.05, 4.69) is 26.6 Å². The maximum Gasteiger partial charge on any atom is 0.317 e. The monoisotopic (exact) mass is 429 g/mol. The minimum atomic E-state index is -0.187. The van der Waals surface area contributed by atoms with E-state index in [-0.39, 0.29) is 23.9 Å². The first kappa shape index (κ1) is 19.4. The number of hydrogen-bond donors (Lipinski definition) is 2. The number of para-hydroxylation sites is 1. The summed E-state index contributed by atoms with van der Waals surface area (Å²) in [6, 6.07) is 17.1. The normalized spacial score (nSPS) is 17.9. The van der Waals surface area contributed by atoms with Gasteiger partial charge in [-0.15, -0.1) is 0 Å². The molecule has 2 N–H and O–H groups in total. The number of urea groups is 1. The number of nitrogens with zero attached hydrogens (tertiary/aromatic N) is 1. The lowest BCUT2D eigenvalue weighted by molar-refractivity contribution is -0.121. The molecule has 0 bridgehead atoms. The van der Waals surface area contributed by atoms with E-state index in [4.69, 9.17) is 0 Å². The number of nitrogens with one attached hydrogen (secondary N) is 2. The van der Waals surface area contributed by atoms with Crippen molar-refractivity contribution in [3.8, 4) is 0 Å². The van der Waals surface area contributed by atoms with Gasteiger partial charge in [-0.05, 0) is 49.6 Å². The van der Waals surface area contributed by atoms with Crippen LogP contribution in [0.2, 0.25) is 0 Å². The van der Waals surface area contributed by atoms with E-state index in [0.717, 1.165) is 28.6 Å². The molecule has 1 fully saturated rings. The number of amides is 3. The maximum atomic E-state index is 12.6. The molecule has 0 radical (unpaired) electrons. The van der Waals surface area contributed by atoms with E-state index >= 15 is 0 Å². The fraction of sp³-hybridized carbons (Fsp3) is 0.333. The first-order valence-electron chi connectivity index (χ1n) is 9.20. The van der Waals surface area contributed by atoms with Crippen molar-refractivity contribution in [1.29, 1.82) is 0 Å². The van der Waals surface area contributed by atoms with Crippen molar-refractivity contribution in [2.75, 3.05) is 18.4 Å². The molecule has 2 atom stereocenters. The van der Waals surface area contributed by atoms with Crippen molar-refractivity contribution >= 4 is 33.6 Å². The Balaban J connectivity index is 1.56. The smallest absolute Gasteiger partial charge is 0.317 e. The molecule has 1 heterocycles. The summed E-state index contributed by atoms with van der Waals surface area (Å²) in [5, 5.41) is 5.98. The Morgan fingerprint density at radius 2 is 1.81 bits per heavy atom. The maximum absolute atomic E-state index is 12.6. The fourth-order valence-electron chi connectivity index (χ4n) is 3.25. The second-order valence-corrected chi connectivity index (χ2v) is 7.78. The summed E-state index contributed by atoms with van der Waals surface area (Å²) in [5.74, 6) is -0.215.